The number of piperazine rings is 1. The minimum atomic E-state index is 0.722. The van der Waals surface area contributed by atoms with Crippen molar-refractivity contribution in [2.75, 3.05) is 31.1 Å². The first-order chi connectivity index (χ1) is 8.29. The summed E-state index contributed by atoms with van der Waals surface area (Å²) < 4.78 is 2.82. The summed E-state index contributed by atoms with van der Waals surface area (Å²) in [5, 5.41) is 7.28. The van der Waals surface area contributed by atoms with E-state index in [1.54, 1.807) is 0 Å². The molecule has 2 aliphatic heterocycles. The first kappa shape index (κ1) is 11.2. The van der Waals surface area contributed by atoms with Gasteiger partial charge in [-0.2, -0.15) is 0 Å². The number of aromatic amines is 1. The lowest BCUT2D eigenvalue weighted by molar-refractivity contribution is 0.229. The van der Waals surface area contributed by atoms with Gasteiger partial charge < -0.3 is 4.90 Å². The minimum absolute atomic E-state index is 0.722. The van der Waals surface area contributed by atoms with Crippen LogP contribution in [0.2, 0.25) is 0 Å². The SMILES string of the molecule is CCn1c(N2CCN3CCCC3C2)n[nH]c1=S. The van der Waals surface area contributed by atoms with Crippen LogP contribution in [-0.2, 0) is 6.54 Å². The van der Waals surface area contributed by atoms with Gasteiger partial charge in [0.2, 0.25) is 5.95 Å². The Morgan fingerprint density at radius 1 is 1.41 bits per heavy atom. The Morgan fingerprint density at radius 2 is 2.29 bits per heavy atom. The predicted molar refractivity (Wildman–Crippen MR) is 69.9 cm³/mol. The molecule has 2 fully saturated rings. The average Bonchev–Trinajstić information content (AvgIpc) is 2.93. The van der Waals surface area contributed by atoms with Crippen LogP contribution in [0.3, 0.4) is 0 Å². The summed E-state index contributed by atoms with van der Waals surface area (Å²) in [5.41, 5.74) is 0. The molecule has 0 aromatic carbocycles. The largest absolute Gasteiger partial charge is 0.338 e. The van der Waals surface area contributed by atoms with Crippen molar-refractivity contribution in [2.24, 2.45) is 0 Å². The Balaban J connectivity index is 1.82. The zero-order valence-electron chi connectivity index (χ0n) is 10.2. The number of aromatic nitrogens is 3. The van der Waals surface area contributed by atoms with E-state index in [1.807, 2.05) is 0 Å². The van der Waals surface area contributed by atoms with Gasteiger partial charge in [0.05, 0.1) is 0 Å². The second-order valence-electron chi connectivity index (χ2n) is 4.85. The Labute approximate surface area is 106 Å². The van der Waals surface area contributed by atoms with E-state index in [9.17, 15) is 0 Å². The molecule has 1 unspecified atom stereocenters. The van der Waals surface area contributed by atoms with Crippen LogP contribution >= 0.6 is 12.2 Å². The predicted octanol–water partition coefficient (Wildman–Crippen LogP) is 1.24. The molecule has 0 saturated carbocycles. The summed E-state index contributed by atoms with van der Waals surface area (Å²) >= 11 is 5.24. The molecule has 1 N–H and O–H groups in total. The number of hydrogen-bond acceptors (Lipinski definition) is 4. The van der Waals surface area contributed by atoms with Gasteiger partial charge in [-0.25, -0.2) is 5.10 Å². The maximum atomic E-state index is 5.24. The third-order valence-corrected chi connectivity index (χ3v) is 4.24. The van der Waals surface area contributed by atoms with Crippen molar-refractivity contribution in [3.05, 3.63) is 4.77 Å². The second-order valence-corrected chi connectivity index (χ2v) is 5.24. The number of hydrogen-bond donors (Lipinski definition) is 1. The molecule has 6 heteroatoms. The summed E-state index contributed by atoms with van der Waals surface area (Å²) in [6.45, 7) is 7.60. The van der Waals surface area contributed by atoms with Gasteiger partial charge >= 0.3 is 0 Å². The monoisotopic (exact) mass is 253 g/mol. The quantitative estimate of drug-likeness (QED) is 0.805. The molecule has 1 aromatic heterocycles. The molecule has 5 nitrogen and oxygen atoms in total. The molecule has 0 bridgehead atoms. The van der Waals surface area contributed by atoms with Crippen LogP contribution in [-0.4, -0.2) is 51.9 Å². The Kier molecular flexibility index (Phi) is 2.92. The molecule has 0 amide bonds. The zero-order valence-corrected chi connectivity index (χ0v) is 11.0. The normalized spacial score (nSPS) is 25.2. The maximum Gasteiger partial charge on any atom is 0.225 e. The van der Waals surface area contributed by atoms with E-state index in [0.717, 1.165) is 42.9 Å². The lowest BCUT2D eigenvalue weighted by atomic mass is 10.2. The number of nitrogens with zero attached hydrogens (tertiary/aromatic N) is 4. The smallest absolute Gasteiger partial charge is 0.225 e. The van der Waals surface area contributed by atoms with Crippen molar-refractivity contribution in [2.45, 2.75) is 32.4 Å². The van der Waals surface area contributed by atoms with Crippen LogP contribution in [0.25, 0.3) is 0 Å². The highest BCUT2D eigenvalue weighted by atomic mass is 32.1. The molecule has 17 heavy (non-hydrogen) atoms. The summed E-state index contributed by atoms with van der Waals surface area (Å²) in [6.07, 6.45) is 2.67. The summed E-state index contributed by atoms with van der Waals surface area (Å²) in [6, 6.07) is 0.722. The molecule has 2 saturated heterocycles. The molecule has 3 heterocycles. The topological polar surface area (TPSA) is 40.1 Å². The van der Waals surface area contributed by atoms with Crippen LogP contribution in [0.5, 0.6) is 0 Å². The summed E-state index contributed by atoms with van der Waals surface area (Å²) in [7, 11) is 0. The van der Waals surface area contributed by atoms with E-state index in [2.05, 4.69) is 31.5 Å². The fraction of sp³-hybridized carbons (Fsp3) is 0.818. The van der Waals surface area contributed by atoms with Crippen molar-refractivity contribution in [1.82, 2.24) is 19.7 Å². The number of anilines is 1. The number of fused-ring (bicyclic) bond motifs is 1. The third kappa shape index (κ3) is 1.89. The van der Waals surface area contributed by atoms with Crippen LogP contribution in [0.1, 0.15) is 19.8 Å². The number of H-pyrrole nitrogens is 1. The highest BCUT2D eigenvalue weighted by molar-refractivity contribution is 7.71. The van der Waals surface area contributed by atoms with E-state index in [-0.39, 0.29) is 0 Å². The van der Waals surface area contributed by atoms with Crippen LogP contribution < -0.4 is 4.90 Å². The highest BCUT2D eigenvalue weighted by Crippen LogP contribution is 2.24. The van der Waals surface area contributed by atoms with Crippen molar-refractivity contribution in [3.63, 3.8) is 0 Å². The van der Waals surface area contributed by atoms with E-state index in [1.165, 1.54) is 19.4 Å². The minimum Gasteiger partial charge on any atom is -0.338 e. The van der Waals surface area contributed by atoms with Gasteiger partial charge in [0.1, 0.15) is 0 Å². The van der Waals surface area contributed by atoms with Crippen LogP contribution in [0, 0.1) is 4.77 Å². The van der Waals surface area contributed by atoms with E-state index >= 15 is 0 Å². The molecule has 1 aromatic rings. The second kappa shape index (κ2) is 4.42. The van der Waals surface area contributed by atoms with Gasteiger partial charge in [-0.3, -0.25) is 9.47 Å². The zero-order chi connectivity index (χ0) is 11.8. The summed E-state index contributed by atoms with van der Waals surface area (Å²) in [5.74, 6) is 1.02. The van der Waals surface area contributed by atoms with Crippen molar-refractivity contribution < 1.29 is 0 Å². The molecule has 3 rings (SSSR count). The average molecular weight is 253 g/mol. The lowest BCUT2D eigenvalue weighted by Gasteiger charge is -2.37. The van der Waals surface area contributed by atoms with Crippen molar-refractivity contribution in [1.29, 1.82) is 0 Å². The first-order valence-corrected chi connectivity index (χ1v) is 6.84. The fourth-order valence-electron chi connectivity index (χ4n) is 3.01. The number of nitrogens with one attached hydrogen (secondary N) is 1. The molecular weight excluding hydrogens is 234 g/mol. The summed E-state index contributed by atoms with van der Waals surface area (Å²) in [4.78, 5) is 4.98. The molecule has 2 aliphatic rings. The Hall–Kier alpha value is -0.880. The van der Waals surface area contributed by atoms with Gasteiger partial charge in [0, 0.05) is 32.2 Å². The Bertz CT molecular complexity index is 451. The van der Waals surface area contributed by atoms with Gasteiger partial charge in [0.15, 0.2) is 4.77 Å². The van der Waals surface area contributed by atoms with E-state index in [0.29, 0.717) is 0 Å². The molecule has 1 atom stereocenters. The van der Waals surface area contributed by atoms with Crippen molar-refractivity contribution in [3.8, 4) is 0 Å². The molecular formula is C11H19N5S. The van der Waals surface area contributed by atoms with Crippen LogP contribution in [0.4, 0.5) is 5.95 Å². The fourth-order valence-corrected chi connectivity index (χ4v) is 3.26. The van der Waals surface area contributed by atoms with Gasteiger partial charge in [-0.05, 0) is 38.5 Å². The molecule has 0 spiro atoms. The van der Waals surface area contributed by atoms with Crippen molar-refractivity contribution >= 4 is 18.2 Å². The molecule has 0 radical (unpaired) electrons. The molecule has 0 aliphatic carbocycles. The number of rotatable bonds is 2. The van der Waals surface area contributed by atoms with Crippen LogP contribution in [0.15, 0.2) is 0 Å². The van der Waals surface area contributed by atoms with Gasteiger partial charge in [0.25, 0.3) is 0 Å². The first-order valence-electron chi connectivity index (χ1n) is 6.44. The van der Waals surface area contributed by atoms with Gasteiger partial charge in [-0.1, -0.05) is 0 Å². The lowest BCUT2D eigenvalue weighted by Crippen LogP contribution is -2.50. The molecule has 94 valence electrons. The highest BCUT2D eigenvalue weighted by Gasteiger charge is 2.32. The standard InChI is InChI=1S/C11H19N5S/c1-2-16-10(12-13-11(16)17)15-7-6-14-5-3-4-9(14)8-15/h9H,2-8H2,1H3,(H,13,17). The van der Waals surface area contributed by atoms with E-state index in [4.69, 9.17) is 12.2 Å². The van der Waals surface area contributed by atoms with Gasteiger partial charge in [-0.15, -0.1) is 5.10 Å². The van der Waals surface area contributed by atoms with E-state index < -0.39 is 0 Å². The Morgan fingerprint density at radius 3 is 3.12 bits per heavy atom. The third-order valence-electron chi connectivity index (χ3n) is 3.92. The maximum absolute atomic E-state index is 5.24.